The fraction of sp³-hybridized carbons (Fsp3) is 0.455. The summed E-state index contributed by atoms with van der Waals surface area (Å²) in [6.45, 7) is 4.08. The Bertz CT molecular complexity index is 259. The van der Waals surface area contributed by atoms with Gasteiger partial charge in [0.1, 0.15) is 0 Å². The minimum atomic E-state index is 0.775. The fourth-order valence-corrected chi connectivity index (χ4v) is 2.69. The van der Waals surface area contributed by atoms with Crippen molar-refractivity contribution < 1.29 is 0 Å². The third kappa shape index (κ3) is 1.61. The number of allylic oxidation sites excluding steroid dienone is 1. The Morgan fingerprint density at radius 3 is 3.08 bits per heavy atom. The molecule has 1 atom stereocenters. The van der Waals surface area contributed by atoms with Gasteiger partial charge in [0.05, 0.1) is 0 Å². The summed E-state index contributed by atoms with van der Waals surface area (Å²) in [4.78, 5) is 0. The molecule has 0 aromatic carbocycles. The molecule has 12 heavy (non-hydrogen) atoms. The zero-order valence-corrected chi connectivity index (χ0v) is 8.07. The van der Waals surface area contributed by atoms with Crippen molar-refractivity contribution in [2.45, 2.75) is 31.6 Å². The van der Waals surface area contributed by atoms with Crippen LogP contribution < -0.4 is 0 Å². The lowest BCUT2D eigenvalue weighted by Crippen LogP contribution is -2.04. The first-order valence-corrected chi connectivity index (χ1v) is 5.49. The van der Waals surface area contributed by atoms with Crippen LogP contribution in [-0.4, -0.2) is 0 Å². The van der Waals surface area contributed by atoms with E-state index in [4.69, 9.17) is 0 Å². The summed E-state index contributed by atoms with van der Waals surface area (Å²) in [5.41, 5.74) is 2.97. The van der Waals surface area contributed by atoms with Crippen LogP contribution in [0, 0.1) is 0 Å². The number of hydrogen-bond donors (Lipinski definition) is 0. The summed E-state index contributed by atoms with van der Waals surface area (Å²) in [7, 11) is 0. The van der Waals surface area contributed by atoms with E-state index in [-0.39, 0.29) is 0 Å². The van der Waals surface area contributed by atoms with Gasteiger partial charge in [0, 0.05) is 0 Å². The highest BCUT2D eigenvalue weighted by Crippen LogP contribution is 2.35. The van der Waals surface area contributed by atoms with Crippen molar-refractivity contribution in [2.24, 2.45) is 0 Å². The second-order valence-electron chi connectivity index (χ2n) is 3.60. The molecule has 0 N–H and O–H groups in total. The third-order valence-corrected chi connectivity index (χ3v) is 3.33. The highest BCUT2D eigenvalue weighted by molar-refractivity contribution is 7.07. The maximum atomic E-state index is 4.08. The van der Waals surface area contributed by atoms with Gasteiger partial charge < -0.3 is 0 Å². The lowest BCUT2D eigenvalue weighted by molar-refractivity contribution is 0.525. The molecule has 1 saturated carbocycles. The molecule has 1 aliphatic carbocycles. The Hall–Kier alpha value is -0.560. The molecule has 1 aliphatic rings. The summed E-state index contributed by atoms with van der Waals surface area (Å²) in [5, 5.41) is 4.45. The predicted octanol–water partition coefficient (Wildman–Crippen LogP) is 3.96. The average Bonchev–Trinajstić information content (AvgIpc) is 2.56. The molecule has 1 fully saturated rings. The van der Waals surface area contributed by atoms with Crippen LogP contribution in [-0.2, 0) is 0 Å². The first-order chi connectivity index (χ1) is 5.86. The molecule has 1 unspecified atom stereocenters. The molecule has 0 amide bonds. The molecule has 0 spiro atoms. The number of rotatable bonds is 1. The van der Waals surface area contributed by atoms with Crippen LogP contribution in [0.5, 0.6) is 0 Å². The molecule has 0 nitrogen and oxygen atoms in total. The van der Waals surface area contributed by atoms with Crippen LogP contribution in [0.3, 0.4) is 0 Å². The highest BCUT2D eigenvalue weighted by atomic mass is 32.1. The number of hydrogen-bond acceptors (Lipinski definition) is 1. The normalized spacial score (nSPS) is 24.3. The van der Waals surface area contributed by atoms with Gasteiger partial charge >= 0.3 is 0 Å². The van der Waals surface area contributed by atoms with E-state index in [2.05, 4.69) is 23.4 Å². The smallest absolute Gasteiger partial charge is 0.00583 e. The van der Waals surface area contributed by atoms with E-state index in [0.29, 0.717) is 0 Å². The van der Waals surface area contributed by atoms with E-state index >= 15 is 0 Å². The molecule has 1 aromatic rings. The molecule has 2 rings (SSSR count). The Morgan fingerprint density at radius 2 is 2.42 bits per heavy atom. The SMILES string of the molecule is C=C1CCCC(c2ccsc2)C1. The highest BCUT2D eigenvalue weighted by Gasteiger charge is 2.17. The van der Waals surface area contributed by atoms with Crippen LogP contribution in [0.4, 0.5) is 0 Å². The standard InChI is InChI=1S/C11H14S/c1-9-3-2-4-10(7-9)11-5-6-12-8-11/h5-6,8,10H,1-4,7H2. The van der Waals surface area contributed by atoms with E-state index < -0.39 is 0 Å². The van der Waals surface area contributed by atoms with Gasteiger partial charge in [0.2, 0.25) is 0 Å². The van der Waals surface area contributed by atoms with E-state index in [1.807, 2.05) is 0 Å². The van der Waals surface area contributed by atoms with Crippen molar-refractivity contribution in [3.63, 3.8) is 0 Å². The molecule has 0 aliphatic heterocycles. The molecular weight excluding hydrogens is 164 g/mol. The predicted molar refractivity (Wildman–Crippen MR) is 54.7 cm³/mol. The minimum absolute atomic E-state index is 0.775. The topological polar surface area (TPSA) is 0 Å². The van der Waals surface area contributed by atoms with Gasteiger partial charge in [-0.1, -0.05) is 12.2 Å². The van der Waals surface area contributed by atoms with Gasteiger partial charge in [-0.2, -0.15) is 11.3 Å². The van der Waals surface area contributed by atoms with Crippen LogP contribution in [0.25, 0.3) is 0 Å². The van der Waals surface area contributed by atoms with Gasteiger partial charge in [0.25, 0.3) is 0 Å². The Labute approximate surface area is 77.9 Å². The maximum absolute atomic E-state index is 4.08. The van der Waals surface area contributed by atoms with Gasteiger partial charge in [-0.25, -0.2) is 0 Å². The van der Waals surface area contributed by atoms with E-state index in [1.54, 1.807) is 11.3 Å². The zero-order valence-electron chi connectivity index (χ0n) is 7.25. The van der Waals surface area contributed by atoms with Crippen LogP contribution in [0.1, 0.15) is 37.2 Å². The van der Waals surface area contributed by atoms with Gasteiger partial charge in [0.15, 0.2) is 0 Å². The summed E-state index contributed by atoms with van der Waals surface area (Å²) in [6.07, 6.45) is 5.16. The van der Waals surface area contributed by atoms with Crippen molar-refractivity contribution in [1.82, 2.24) is 0 Å². The molecule has 1 heteroatoms. The number of thiophene rings is 1. The monoisotopic (exact) mass is 178 g/mol. The third-order valence-electron chi connectivity index (χ3n) is 2.63. The van der Waals surface area contributed by atoms with Gasteiger partial charge in [-0.3, -0.25) is 0 Å². The zero-order chi connectivity index (χ0) is 8.39. The van der Waals surface area contributed by atoms with E-state index in [0.717, 1.165) is 5.92 Å². The van der Waals surface area contributed by atoms with Crippen LogP contribution >= 0.6 is 11.3 Å². The Morgan fingerprint density at radius 1 is 1.50 bits per heavy atom. The van der Waals surface area contributed by atoms with Crippen molar-refractivity contribution in [1.29, 1.82) is 0 Å². The molecule has 1 aromatic heterocycles. The maximum Gasteiger partial charge on any atom is -0.00583 e. The largest absolute Gasteiger partial charge is 0.152 e. The summed E-state index contributed by atoms with van der Waals surface area (Å²) in [5.74, 6) is 0.775. The second kappa shape index (κ2) is 3.44. The Kier molecular flexibility index (Phi) is 2.31. The molecule has 64 valence electrons. The second-order valence-corrected chi connectivity index (χ2v) is 4.38. The fourth-order valence-electron chi connectivity index (χ4n) is 1.94. The van der Waals surface area contributed by atoms with Crippen molar-refractivity contribution in [3.05, 3.63) is 34.5 Å². The molecule has 0 saturated heterocycles. The summed E-state index contributed by atoms with van der Waals surface area (Å²) < 4.78 is 0. The van der Waals surface area contributed by atoms with Crippen LogP contribution in [0.2, 0.25) is 0 Å². The minimum Gasteiger partial charge on any atom is -0.152 e. The van der Waals surface area contributed by atoms with Crippen LogP contribution in [0.15, 0.2) is 29.0 Å². The summed E-state index contributed by atoms with van der Waals surface area (Å²) in [6, 6.07) is 2.26. The lowest BCUT2D eigenvalue weighted by atomic mass is 9.83. The molecule has 0 bridgehead atoms. The van der Waals surface area contributed by atoms with Crippen molar-refractivity contribution >= 4 is 11.3 Å². The molecule has 1 heterocycles. The van der Waals surface area contributed by atoms with Gasteiger partial charge in [-0.05, 0) is 54.0 Å². The van der Waals surface area contributed by atoms with E-state index in [9.17, 15) is 0 Å². The quantitative estimate of drug-likeness (QED) is 0.571. The van der Waals surface area contributed by atoms with Gasteiger partial charge in [-0.15, -0.1) is 0 Å². The van der Waals surface area contributed by atoms with Crippen molar-refractivity contribution in [3.8, 4) is 0 Å². The summed E-state index contributed by atoms with van der Waals surface area (Å²) >= 11 is 1.80. The Balaban J connectivity index is 2.09. The first-order valence-electron chi connectivity index (χ1n) is 4.55. The molecular formula is C11H14S. The average molecular weight is 178 g/mol. The lowest BCUT2D eigenvalue weighted by Gasteiger charge is -2.22. The van der Waals surface area contributed by atoms with Crippen molar-refractivity contribution in [2.75, 3.05) is 0 Å². The molecule has 0 radical (unpaired) electrons. The van der Waals surface area contributed by atoms with E-state index in [1.165, 1.54) is 36.8 Å². The first kappa shape index (κ1) is 8.06.